The molecule has 0 aliphatic heterocycles. The Balaban J connectivity index is 1.45. The van der Waals surface area contributed by atoms with Gasteiger partial charge in [-0.3, -0.25) is 0 Å². The van der Waals surface area contributed by atoms with Crippen LogP contribution in [0.5, 0.6) is 5.75 Å². The molecule has 1 N–H and O–H groups in total. The van der Waals surface area contributed by atoms with Crippen molar-refractivity contribution >= 4 is 49.0 Å². The number of benzene rings is 2. The third-order valence-electron chi connectivity index (χ3n) is 5.28. The van der Waals surface area contributed by atoms with Gasteiger partial charge in [0.2, 0.25) is 10.0 Å². The summed E-state index contributed by atoms with van der Waals surface area (Å²) >= 11 is 9.79. The summed E-state index contributed by atoms with van der Waals surface area (Å²) in [6.07, 6.45) is -2.92. The first-order valence-corrected chi connectivity index (χ1v) is 13.4. The fourth-order valence-electron chi connectivity index (χ4n) is 3.52. The Morgan fingerprint density at radius 2 is 1.92 bits per heavy atom. The summed E-state index contributed by atoms with van der Waals surface area (Å²) in [5.74, 6) is 0.0122. The zero-order chi connectivity index (χ0) is 26.8. The van der Waals surface area contributed by atoms with Crippen molar-refractivity contribution in [2.45, 2.75) is 17.7 Å². The molecule has 37 heavy (non-hydrogen) atoms. The van der Waals surface area contributed by atoms with E-state index in [0.29, 0.717) is 39.6 Å². The summed E-state index contributed by atoms with van der Waals surface area (Å²) in [5.41, 5.74) is 1.94. The molecule has 4 aromatic rings. The highest BCUT2D eigenvalue weighted by molar-refractivity contribution is 9.10. The highest BCUT2D eigenvalue weighted by Crippen LogP contribution is 2.30. The maximum atomic E-state index is 12.9. The first-order chi connectivity index (χ1) is 17.5. The third-order valence-corrected chi connectivity index (χ3v) is 8.02. The highest BCUT2D eigenvalue weighted by atomic mass is 79.9. The SMILES string of the molecule is CN(CCCNc1cc(-c2ccccc2Cl)nc2c(Br)cnn12)S(=O)(=O)c1cccc(OC(F)(F)F)c1. The molecule has 0 amide bonds. The standard InChI is InChI=1S/C23H20BrClF3N5O3S/c1-32(37(34,35)16-7-4-6-15(12-16)36-23(26,27)28)11-5-10-29-21-13-20(17-8-2-3-9-19(17)25)31-22-18(24)14-30-33(21)22/h2-4,6-9,12-14,29H,5,10-11H2,1H3. The van der Waals surface area contributed by atoms with Crippen molar-refractivity contribution in [2.24, 2.45) is 0 Å². The molecule has 0 aliphatic carbocycles. The Bertz CT molecular complexity index is 1530. The highest BCUT2D eigenvalue weighted by Gasteiger charge is 2.32. The van der Waals surface area contributed by atoms with Crippen LogP contribution in [0.25, 0.3) is 16.9 Å². The number of hydrogen-bond acceptors (Lipinski definition) is 6. The van der Waals surface area contributed by atoms with Crippen molar-refractivity contribution in [3.8, 4) is 17.0 Å². The molecule has 2 aromatic heterocycles. The van der Waals surface area contributed by atoms with Gasteiger partial charge < -0.3 is 10.1 Å². The van der Waals surface area contributed by atoms with Crippen LogP contribution in [0.4, 0.5) is 19.0 Å². The number of halogens is 5. The number of sulfonamides is 1. The topological polar surface area (TPSA) is 88.8 Å². The zero-order valence-corrected chi connectivity index (χ0v) is 22.4. The van der Waals surface area contributed by atoms with Gasteiger partial charge >= 0.3 is 6.36 Å². The van der Waals surface area contributed by atoms with Crippen LogP contribution in [0.15, 0.2) is 70.2 Å². The van der Waals surface area contributed by atoms with E-state index < -0.39 is 22.1 Å². The minimum Gasteiger partial charge on any atom is -0.406 e. The number of anilines is 1. The van der Waals surface area contributed by atoms with E-state index in [9.17, 15) is 21.6 Å². The number of ether oxygens (including phenoxy) is 1. The maximum Gasteiger partial charge on any atom is 0.573 e. The van der Waals surface area contributed by atoms with E-state index in [4.69, 9.17) is 11.6 Å². The summed E-state index contributed by atoms with van der Waals surface area (Å²) in [7, 11) is -2.67. The minimum absolute atomic E-state index is 0.105. The molecule has 0 spiro atoms. The lowest BCUT2D eigenvalue weighted by Crippen LogP contribution is -2.29. The van der Waals surface area contributed by atoms with Crippen molar-refractivity contribution in [2.75, 3.05) is 25.5 Å². The van der Waals surface area contributed by atoms with Crippen molar-refractivity contribution in [1.29, 1.82) is 0 Å². The predicted molar refractivity (Wildman–Crippen MR) is 137 cm³/mol. The lowest BCUT2D eigenvalue weighted by molar-refractivity contribution is -0.274. The van der Waals surface area contributed by atoms with Gasteiger partial charge in [0.15, 0.2) is 5.65 Å². The van der Waals surface area contributed by atoms with Gasteiger partial charge in [0.05, 0.1) is 21.3 Å². The first-order valence-electron chi connectivity index (χ1n) is 10.8. The van der Waals surface area contributed by atoms with Crippen LogP contribution in [0, 0.1) is 0 Å². The Kier molecular flexibility index (Phi) is 7.97. The van der Waals surface area contributed by atoms with Crippen LogP contribution in [0.2, 0.25) is 5.02 Å². The molecule has 14 heteroatoms. The number of hydrogen-bond donors (Lipinski definition) is 1. The number of alkyl halides is 3. The average molecular weight is 619 g/mol. The Morgan fingerprint density at radius 3 is 2.65 bits per heavy atom. The molecule has 2 heterocycles. The van der Waals surface area contributed by atoms with E-state index >= 15 is 0 Å². The molecule has 0 radical (unpaired) electrons. The van der Waals surface area contributed by atoms with Crippen LogP contribution in [0.1, 0.15) is 6.42 Å². The smallest absolute Gasteiger partial charge is 0.406 e. The lowest BCUT2D eigenvalue weighted by Gasteiger charge is -2.18. The second-order valence-electron chi connectivity index (χ2n) is 7.86. The number of nitrogens with one attached hydrogen (secondary N) is 1. The number of aromatic nitrogens is 3. The minimum atomic E-state index is -4.92. The van der Waals surface area contributed by atoms with Gasteiger partial charge in [-0.05, 0) is 40.5 Å². The normalized spacial score (nSPS) is 12.3. The monoisotopic (exact) mass is 617 g/mol. The van der Waals surface area contributed by atoms with Gasteiger partial charge in [-0.1, -0.05) is 35.9 Å². The fraction of sp³-hybridized carbons (Fsp3) is 0.217. The van der Waals surface area contributed by atoms with Crippen LogP contribution in [-0.2, 0) is 10.0 Å². The zero-order valence-electron chi connectivity index (χ0n) is 19.2. The predicted octanol–water partition coefficient (Wildman–Crippen LogP) is 5.83. The summed E-state index contributed by atoms with van der Waals surface area (Å²) in [6.45, 7) is 0.476. The number of rotatable bonds is 9. The van der Waals surface area contributed by atoms with Crippen molar-refractivity contribution in [1.82, 2.24) is 18.9 Å². The second-order valence-corrected chi connectivity index (χ2v) is 11.2. The molecule has 2 aromatic carbocycles. The molecule has 4 rings (SSSR count). The van der Waals surface area contributed by atoms with Crippen molar-refractivity contribution < 1.29 is 26.3 Å². The molecule has 0 saturated heterocycles. The molecule has 0 unspecified atom stereocenters. The summed E-state index contributed by atoms with van der Waals surface area (Å²) < 4.78 is 70.4. The van der Waals surface area contributed by atoms with E-state index in [1.807, 2.05) is 18.2 Å². The van der Waals surface area contributed by atoms with E-state index in [-0.39, 0.29) is 11.4 Å². The molecular formula is C23H20BrClF3N5O3S. The van der Waals surface area contributed by atoms with Crippen LogP contribution < -0.4 is 10.1 Å². The molecule has 196 valence electrons. The van der Waals surface area contributed by atoms with E-state index in [2.05, 4.69) is 36.1 Å². The van der Waals surface area contributed by atoms with Gasteiger partial charge in [0.25, 0.3) is 0 Å². The lowest BCUT2D eigenvalue weighted by atomic mass is 10.1. The van der Waals surface area contributed by atoms with Gasteiger partial charge in [0.1, 0.15) is 11.6 Å². The van der Waals surface area contributed by atoms with Gasteiger partial charge in [-0.25, -0.2) is 17.7 Å². The van der Waals surface area contributed by atoms with Crippen LogP contribution in [0.3, 0.4) is 0 Å². The molecule has 0 bridgehead atoms. The summed E-state index contributed by atoms with van der Waals surface area (Å²) in [5, 5.41) is 8.10. The molecule has 0 fully saturated rings. The van der Waals surface area contributed by atoms with Gasteiger partial charge in [-0.2, -0.15) is 9.61 Å². The molecule has 0 saturated carbocycles. The van der Waals surface area contributed by atoms with Gasteiger partial charge in [0, 0.05) is 42.9 Å². The number of fused-ring (bicyclic) bond motifs is 1. The molecular weight excluding hydrogens is 599 g/mol. The second kappa shape index (κ2) is 10.9. The van der Waals surface area contributed by atoms with Crippen molar-refractivity contribution in [3.05, 3.63) is 70.3 Å². The van der Waals surface area contributed by atoms with Gasteiger partial charge in [-0.15, -0.1) is 13.2 Å². The quantitative estimate of drug-likeness (QED) is 0.238. The molecule has 0 atom stereocenters. The average Bonchev–Trinajstić information content (AvgIpc) is 3.21. The Labute approximate surface area is 224 Å². The summed E-state index contributed by atoms with van der Waals surface area (Å²) in [4.78, 5) is 4.34. The fourth-order valence-corrected chi connectivity index (χ4v) is 5.34. The number of nitrogens with zero attached hydrogens (tertiary/aromatic N) is 4. The maximum absolute atomic E-state index is 12.9. The van der Waals surface area contributed by atoms with Crippen LogP contribution >= 0.6 is 27.5 Å². The van der Waals surface area contributed by atoms with E-state index in [0.717, 1.165) is 22.0 Å². The van der Waals surface area contributed by atoms with E-state index in [1.54, 1.807) is 22.8 Å². The first kappa shape index (κ1) is 27.2. The molecule has 8 nitrogen and oxygen atoms in total. The summed E-state index contributed by atoms with van der Waals surface area (Å²) in [6, 6.07) is 13.4. The molecule has 0 aliphatic rings. The Morgan fingerprint density at radius 1 is 1.16 bits per heavy atom. The largest absolute Gasteiger partial charge is 0.573 e. The van der Waals surface area contributed by atoms with Crippen molar-refractivity contribution in [3.63, 3.8) is 0 Å². The van der Waals surface area contributed by atoms with Crippen LogP contribution in [-0.4, -0.2) is 53.8 Å². The van der Waals surface area contributed by atoms with E-state index in [1.165, 1.54) is 19.2 Å². The third kappa shape index (κ3) is 6.35. The Hall–Kier alpha value is -2.87.